The number of hydrogen-bond acceptors (Lipinski definition) is 4. The molecule has 1 aromatic carbocycles. The number of pyridine rings is 1. The highest BCUT2D eigenvalue weighted by atomic mass is 79.9. The van der Waals surface area contributed by atoms with Gasteiger partial charge in [-0.25, -0.2) is 0 Å². The van der Waals surface area contributed by atoms with E-state index < -0.39 is 4.92 Å². The Morgan fingerprint density at radius 1 is 1.35 bits per heavy atom. The standard InChI is InChI=1S/C13H12BrN3O3/c1-16-8-11(4-5-13(16)18)15-7-9-2-3-10(14)6-12(9)17(19)20/h2-6,8,15H,7H2,1H3. The molecular weight excluding hydrogens is 326 g/mol. The zero-order valence-corrected chi connectivity index (χ0v) is 12.3. The first-order valence-electron chi connectivity index (χ1n) is 5.81. The van der Waals surface area contributed by atoms with Crippen LogP contribution in [0.5, 0.6) is 0 Å². The minimum Gasteiger partial charge on any atom is -0.380 e. The van der Waals surface area contributed by atoms with E-state index in [1.165, 1.54) is 16.7 Å². The smallest absolute Gasteiger partial charge is 0.275 e. The lowest BCUT2D eigenvalue weighted by Crippen LogP contribution is -2.15. The predicted octanol–water partition coefficient (Wildman–Crippen LogP) is 2.67. The largest absolute Gasteiger partial charge is 0.380 e. The van der Waals surface area contributed by atoms with Crippen molar-refractivity contribution in [3.8, 4) is 0 Å². The predicted molar refractivity (Wildman–Crippen MR) is 79.8 cm³/mol. The van der Waals surface area contributed by atoms with E-state index in [0.29, 0.717) is 16.6 Å². The van der Waals surface area contributed by atoms with Gasteiger partial charge in [-0.3, -0.25) is 14.9 Å². The number of aromatic nitrogens is 1. The molecule has 1 N–H and O–H groups in total. The first-order valence-corrected chi connectivity index (χ1v) is 6.60. The number of nitro benzene ring substituents is 1. The summed E-state index contributed by atoms with van der Waals surface area (Å²) in [7, 11) is 1.65. The molecule has 0 fully saturated rings. The number of aryl methyl sites for hydroxylation is 1. The molecule has 0 saturated heterocycles. The van der Waals surface area contributed by atoms with Crippen molar-refractivity contribution in [1.82, 2.24) is 4.57 Å². The van der Waals surface area contributed by atoms with Crippen molar-refractivity contribution in [2.45, 2.75) is 6.54 Å². The molecular formula is C13H12BrN3O3. The molecule has 7 heteroatoms. The van der Waals surface area contributed by atoms with E-state index >= 15 is 0 Å². The number of anilines is 1. The Labute approximate surface area is 123 Å². The fraction of sp³-hybridized carbons (Fsp3) is 0.154. The molecule has 20 heavy (non-hydrogen) atoms. The molecule has 2 rings (SSSR count). The van der Waals surface area contributed by atoms with Crippen molar-refractivity contribution < 1.29 is 4.92 Å². The summed E-state index contributed by atoms with van der Waals surface area (Å²) in [4.78, 5) is 21.8. The molecule has 2 aromatic rings. The third kappa shape index (κ3) is 3.24. The Hall–Kier alpha value is -2.15. The van der Waals surface area contributed by atoms with Gasteiger partial charge in [0.25, 0.3) is 5.69 Å². The van der Waals surface area contributed by atoms with E-state index in [9.17, 15) is 14.9 Å². The van der Waals surface area contributed by atoms with Crippen molar-refractivity contribution in [2.75, 3.05) is 5.32 Å². The highest BCUT2D eigenvalue weighted by Crippen LogP contribution is 2.24. The Morgan fingerprint density at radius 3 is 2.75 bits per heavy atom. The Balaban J connectivity index is 2.20. The van der Waals surface area contributed by atoms with Gasteiger partial charge < -0.3 is 9.88 Å². The first kappa shape index (κ1) is 14.3. The maximum Gasteiger partial charge on any atom is 0.275 e. The van der Waals surface area contributed by atoms with Gasteiger partial charge in [0.15, 0.2) is 0 Å². The molecule has 0 saturated carbocycles. The maximum atomic E-state index is 11.3. The van der Waals surface area contributed by atoms with Gasteiger partial charge in [-0.2, -0.15) is 0 Å². The molecule has 0 unspecified atom stereocenters. The average molecular weight is 338 g/mol. The zero-order valence-electron chi connectivity index (χ0n) is 10.7. The molecule has 0 radical (unpaired) electrons. The Kier molecular flexibility index (Phi) is 4.19. The van der Waals surface area contributed by atoms with Crippen LogP contribution in [0.15, 0.2) is 45.8 Å². The minimum absolute atomic E-state index is 0.0525. The minimum atomic E-state index is -0.414. The quantitative estimate of drug-likeness (QED) is 0.687. The summed E-state index contributed by atoms with van der Waals surface area (Å²) in [6.45, 7) is 0.307. The number of nitrogens with one attached hydrogen (secondary N) is 1. The van der Waals surface area contributed by atoms with E-state index in [0.717, 1.165) is 5.69 Å². The number of nitro groups is 1. The summed E-state index contributed by atoms with van der Waals surface area (Å²) < 4.78 is 2.10. The summed E-state index contributed by atoms with van der Waals surface area (Å²) in [5, 5.41) is 14.1. The Morgan fingerprint density at radius 2 is 2.10 bits per heavy atom. The highest BCUT2D eigenvalue weighted by molar-refractivity contribution is 9.10. The number of rotatable bonds is 4. The van der Waals surface area contributed by atoms with E-state index in [-0.39, 0.29) is 11.2 Å². The van der Waals surface area contributed by atoms with Gasteiger partial charge in [0.2, 0.25) is 5.56 Å². The van der Waals surface area contributed by atoms with Gasteiger partial charge in [0.05, 0.1) is 10.6 Å². The van der Waals surface area contributed by atoms with Crippen LogP contribution in [0.25, 0.3) is 0 Å². The fourth-order valence-corrected chi connectivity index (χ4v) is 2.10. The van der Waals surface area contributed by atoms with Crippen molar-refractivity contribution >= 4 is 27.3 Å². The van der Waals surface area contributed by atoms with Gasteiger partial charge >= 0.3 is 0 Å². The van der Waals surface area contributed by atoms with Gasteiger partial charge in [-0.05, 0) is 18.2 Å². The van der Waals surface area contributed by atoms with Crippen LogP contribution >= 0.6 is 15.9 Å². The van der Waals surface area contributed by atoms with Gasteiger partial charge in [-0.15, -0.1) is 0 Å². The van der Waals surface area contributed by atoms with Crippen molar-refractivity contribution in [3.05, 3.63) is 67.0 Å². The highest BCUT2D eigenvalue weighted by Gasteiger charge is 2.13. The summed E-state index contributed by atoms with van der Waals surface area (Å²) in [6, 6.07) is 8.01. The van der Waals surface area contributed by atoms with E-state index in [1.807, 2.05) is 0 Å². The molecule has 0 aliphatic carbocycles. The summed E-state index contributed by atoms with van der Waals surface area (Å²) in [5.74, 6) is 0. The summed E-state index contributed by atoms with van der Waals surface area (Å²) in [5.41, 5.74) is 1.25. The number of benzene rings is 1. The van der Waals surface area contributed by atoms with Crippen LogP contribution < -0.4 is 10.9 Å². The van der Waals surface area contributed by atoms with Crippen molar-refractivity contribution in [2.24, 2.45) is 7.05 Å². The molecule has 1 heterocycles. The van der Waals surface area contributed by atoms with Crippen LogP contribution in [0.3, 0.4) is 0 Å². The van der Waals surface area contributed by atoms with Crippen LogP contribution in [-0.4, -0.2) is 9.49 Å². The number of nitrogens with zero attached hydrogens (tertiary/aromatic N) is 2. The zero-order chi connectivity index (χ0) is 14.7. The normalized spacial score (nSPS) is 10.3. The lowest BCUT2D eigenvalue weighted by molar-refractivity contribution is -0.385. The monoisotopic (exact) mass is 337 g/mol. The third-order valence-electron chi connectivity index (χ3n) is 2.81. The van der Waals surface area contributed by atoms with Crippen LogP contribution in [0.2, 0.25) is 0 Å². The van der Waals surface area contributed by atoms with Crippen LogP contribution in [0.4, 0.5) is 11.4 Å². The third-order valence-corrected chi connectivity index (χ3v) is 3.31. The SMILES string of the molecule is Cn1cc(NCc2ccc(Br)cc2[N+](=O)[O-])ccc1=O. The maximum absolute atomic E-state index is 11.3. The van der Waals surface area contributed by atoms with Gasteiger partial charge in [-0.1, -0.05) is 15.9 Å². The molecule has 1 aromatic heterocycles. The summed E-state index contributed by atoms with van der Waals surface area (Å²) >= 11 is 3.22. The molecule has 0 aliphatic heterocycles. The van der Waals surface area contributed by atoms with E-state index in [1.54, 1.807) is 31.4 Å². The molecule has 0 aliphatic rings. The number of hydrogen-bond donors (Lipinski definition) is 1. The molecule has 6 nitrogen and oxygen atoms in total. The molecule has 0 atom stereocenters. The summed E-state index contributed by atoms with van der Waals surface area (Å²) in [6.07, 6.45) is 1.65. The van der Waals surface area contributed by atoms with Crippen LogP contribution in [-0.2, 0) is 13.6 Å². The van der Waals surface area contributed by atoms with Crippen LogP contribution in [0.1, 0.15) is 5.56 Å². The second-order valence-electron chi connectivity index (χ2n) is 4.25. The van der Waals surface area contributed by atoms with Crippen molar-refractivity contribution in [1.29, 1.82) is 0 Å². The first-order chi connectivity index (χ1) is 9.47. The average Bonchev–Trinajstić information content (AvgIpc) is 2.41. The lowest BCUT2D eigenvalue weighted by Gasteiger charge is -2.08. The topological polar surface area (TPSA) is 77.2 Å². The van der Waals surface area contributed by atoms with Gasteiger partial charge in [0.1, 0.15) is 0 Å². The molecule has 104 valence electrons. The fourth-order valence-electron chi connectivity index (χ4n) is 1.75. The van der Waals surface area contributed by atoms with E-state index in [4.69, 9.17) is 0 Å². The van der Waals surface area contributed by atoms with Gasteiger partial charge in [0, 0.05) is 42.0 Å². The Bertz CT molecular complexity index is 712. The molecule has 0 bridgehead atoms. The van der Waals surface area contributed by atoms with Crippen LogP contribution in [0, 0.1) is 10.1 Å². The molecule has 0 amide bonds. The lowest BCUT2D eigenvalue weighted by atomic mass is 10.2. The second kappa shape index (κ2) is 5.87. The van der Waals surface area contributed by atoms with E-state index in [2.05, 4.69) is 21.2 Å². The number of halogens is 1. The molecule has 0 spiro atoms. The second-order valence-corrected chi connectivity index (χ2v) is 5.17. The van der Waals surface area contributed by atoms with Crippen molar-refractivity contribution in [3.63, 3.8) is 0 Å².